The summed E-state index contributed by atoms with van der Waals surface area (Å²) in [6, 6.07) is 35.6. The molecule has 5 nitrogen and oxygen atoms in total. The average Bonchev–Trinajstić information content (AvgIpc) is 3.23. The van der Waals surface area contributed by atoms with E-state index in [1.54, 1.807) is 18.2 Å². The molecule has 1 N–H and O–H groups in total. The van der Waals surface area contributed by atoms with Gasteiger partial charge in [-0.1, -0.05) is 103 Å². The van der Waals surface area contributed by atoms with E-state index in [0.29, 0.717) is 48.6 Å². The van der Waals surface area contributed by atoms with Gasteiger partial charge in [-0.15, -0.1) is 0 Å². The first-order valence-electron chi connectivity index (χ1n) is 20.6. The molecule has 59 heavy (non-hydrogen) atoms. The van der Waals surface area contributed by atoms with Crippen molar-refractivity contribution >= 4 is 29.1 Å². The molecule has 1 aliphatic rings. The van der Waals surface area contributed by atoms with E-state index < -0.39 is 0 Å². The van der Waals surface area contributed by atoms with E-state index in [0.717, 1.165) is 59.4 Å². The molecule has 1 aliphatic heterocycles. The number of aromatic nitrogens is 1. The van der Waals surface area contributed by atoms with Crippen LogP contribution in [0, 0.1) is 26.6 Å². The van der Waals surface area contributed by atoms with E-state index in [1.807, 2.05) is 43.5 Å². The number of hydrogen-bond acceptors (Lipinski definition) is 4. The number of carbonyl (C=O) groups excluding carboxylic acids is 1. The Bertz CT molecular complexity index is 2400. The number of nitrogens with one attached hydrogen (secondary N) is 1. The normalized spacial score (nSPS) is 14.5. The van der Waals surface area contributed by atoms with Crippen molar-refractivity contribution in [3.8, 4) is 16.9 Å². The summed E-state index contributed by atoms with van der Waals surface area (Å²) in [7, 11) is 0. The van der Waals surface area contributed by atoms with Gasteiger partial charge in [-0.05, 0) is 156 Å². The number of aryl methyl sites for hydroxylation is 2. The van der Waals surface area contributed by atoms with E-state index in [9.17, 15) is 9.18 Å². The fourth-order valence-electron chi connectivity index (χ4n) is 8.27. The lowest BCUT2D eigenvalue weighted by atomic mass is 9.84. The van der Waals surface area contributed by atoms with Crippen LogP contribution in [0.25, 0.3) is 11.1 Å². The van der Waals surface area contributed by atoms with Gasteiger partial charge in [-0.3, -0.25) is 14.7 Å². The SMILES string of the molecule is CCCC(Cc1cc2c(cc1C)CC(C(=O)NCCc1ccc(-c3ccnc(C)c3C)cc1)N(Cc1cccc(F)c1)C2)c1ccc(OCc2ccc(Cl)c(Cl)c2)cc1. The standard InChI is InChI=1S/C51H52Cl2FN3O2/c1-5-7-41(39-15-17-46(18-16-39)59-32-38-12-19-48(52)49(53)26-38)27-42-28-44-31-57(30-37-8-6-9-45(54)25-37)50(29-43(44)24-33(42)2)51(58)56-22-20-36-10-13-40(14-11-36)47-21-23-55-35(4)34(47)3/h6,8-19,21,23-26,28,41,50H,5,7,20,22,27,29-32H2,1-4H3,(H,56,58). The minimum absolute atomic E-state index is 0.000637. The van der Waals surface area contributed by atoms with E-state index in [2.05, 4.69) is 90.6 Å². The quantitative estimate of drug-likeness (QED) is 0.112. The van der Waals surface area contributed by atoms with Crippen molar-refractivity contribution in [1.29, 1.82) is 0 Å². The zero-order chi connectivity index (χ0) is 41.5. The molecule has 304 valence electrons. The summed E-state index contributed by atoms with van der Waals surface area (Å²) in [5.74, 6) is 0.872. The van der Waals surface area contributed by atoms with Crippen LogP contribution in [0.5, 0.6) is 5.75 Å². The minimum Gasteiger partial charge on any atom is -0.489 e. The number of rotatable bonds is 15. The Labute approximate surface area is 358 Å². The Hall–Kier alpha value is -5.01. The highest BCUT2D eigenvalue weighted by Crippen LogP contribution is 2.33. The molecular formula is C51H52Cl2FN3O2. The third kappa shape index (κ3) is 10.6. The summed E-state index contributed by atoms with van der Waals surface area (Å²) in [5.41, 5.74) is 13.8. The van der Waals surface area contributed by atoms with Crippen molar-refractivity contribution in [2.45, 2.75) is 91.5 Å². The highest BCUT2D eigenvalue weighted by atomic mass is 35.5. The Morgan fingerprint density at radius 2 is 1.66 bits per heavy atom. The van der Waals surface area contributed by atoms with Crippen LogP contribution >= 0.6 is 23.2 Å². The predicted octanol–water partition coefficient (Wildman–Crippen LogP) is 12.1. The molecular weight excluding hydrogens is 776 g/mol. The summed E-state index contributed by atoms with van der Waals surface area (Å²) in [6.45, 7) is 10.6. The second kappa shape index (κ2) is 19.4. The summed E-state index contributed by atoms with van der Waals surface area (Å²) in [5, 5.41) is 4.29. The van der Waals surface area contributed by atoms with Gasteiger partial charge in [-0.25, -0.2) is 4.39 Å². The van der Waals surface area contributed by atoms with E-state index in [1.165, 1.54) is 45.0 Å². The van der Waals surface area contributed by atoms with Crippen molar-refractivity contribution in [3.05, 3.63) is 187 Å². The molecule has 0 radical (unpaired) electrons. The van der Waals surface area contributed by atoms with Crippen LogP contribution in [0.1, 0.15) is 81.4 Å². The van der Waals surface area contributed by atoms with Gasteiger partial charge in [0.05, 0.1) is 16.1 Å². The van der Waals surface area contributed by atoms with Crippen LogP contribution in [-0.2, 0) is 43.8 Å². The van der Waals surface area contributed by atoms with E-state index >= 15 is 0 Å². The molecule has 0 saturated heterocycles. The molecule has 6 aromatic rings. The lowest BCUT2D eigenvalue weighted by molar-refractivity contribution is -0.127. The fraction of sp³-hybridized carbons (Fsp3) is 0.294. The largest absolute Gasteiger partial charge is 0.489 e. The van der Waals surface area contributed by atoms with Gasteiger partial charge in [0.15, 0.2) is 0 Å². The molecule has 0 saturated carbocycles. The molecule has 0 fully saturated rings. The molecule has 2 unspecified atom stereocenters. The van der Waals surface area contributed by atoms with Gasteiger partial charge >= 0.3 is 0 Å². The van der Waals surface area contributed by atoms with Crippen LogP contribution < -0.4 is 10.1 Å². The van der Waals surface area contributed by atoms with Gasteiger partial charge in [0.25, 0.3) is 0 Å². The molecule has 8 heteroatoms. The van der Waals surface area contributed by atoms with Crippen molar-refractivity contribution in [1.82, 2.24) is 15.2 Å². The smallest absolute Gasteiger partial charge is 0.237 e. The van der Waals surface area contributed by atoms with Crippen molar-refractivity contribution in [2.24, 2.45) is 0 Å². The second-order valence-corrected chi connectivity index (χ2v) is 16.7. The van der Waals surface area contributed by atoms with Gasteiger partial charge < -0.3 is 10.1 Å². The number of nitrogens with zero attached hydrogens (tertiary/aromatic N) is 2. The molecule has 5 aromatic carbocycles. The van der Waals surface area contributed by atoms with Crippen molar-refractivity contribution in [3.63, 3.8) is 0 Å². The maximum absolute atomic E-state index is 14.4. The first-order valence-corrected chi connectivity index (χ1v) is 21.4. The summed E-state index contributed by atoms with van der Waals surface area (Å²) >= 11 is 12.3. The number of ether oxygens (including phenoxy) is 1. The van der Waals surface area contributed by atoms with Gasteiger partial charge in [0.2, 0.25) is 5.91 Å². The fourth-order valence-corrected chi connectivity index (χ4v) is 8.59. The number of carbonyl (C=O) groups is 1. The van der Waals surface area contributed by atoms with Crippen LogP contribution in [0.3, 0.4) is 0 Å². The van der Waals surface area contributed by atoms with Crippen LogP contribution in [0.15, 0.2) is 115 Å². The average molecular weight is 829 g/mol. The lowest BCUT2D eigenvalue weighted by Crippen LogP contribution is -2.50. The van der Waals surface area contributed by atoms with Crippen LogP contribution in [0.2, 0.25) is 10.0 Å². The Balaban J connectivity index is 1.03. The maximum Gasteiger partial charge on any atom is 0.237 e. The molecule has 0 spiro atoms. The second-order valence-electron chi connectivity index (χ2n) is 15.9. The number of pyridine rings is 1. The Morgan fingerprint density at radius 3 is 2.41 bits per heavy atom. The summed E-state index contributed by atoms with van der Waals surface area (Å²) < 4.78 is 20.4. The molecule has 0 bridgehead atoms. The van der Waals surface area contributed by atoms with Crippen molar-refractivity contribution < 1.29 is 13.9 Å². The number of amides is 1. The Kier molecular flexibility index (Phi) is 13.8. The molecule has 2 heterocycles. The van der Waals surface area contributed by atoms with E-state index in [-0.39, 0.29) is 17.8 Å². The number of benzene rings is 5. The first kappa shape index (κ1) is 42.1. The molecule has 2 atom stereocenters. The zero-order valence-electron chi connectivity index (χ0n) is 34.3. The topological polar surface area (TPSA) is 54.5 Å². The highest BCUT2D eigenvalue weighted by molar-refractivity contribution is 6.42. The van der Waals surface area contributed by atoms with Gasteiger partial charge in [0, 0.05) is 31.5 Å². The van der Waals surface area contributed by atoms with Gasteiger partial charge in [-0.2, -0.15) is 0 Å². The monoisotopic (exact) mass is 827 g/mol. The minimum atomic E-state index is -0.374. The third-order valence-electron chi connectivity index (χ3n) is 11.7. The Morgan fingerprint density at radius 1 is 0.881 bits per heavy atom. The first-order chi connectivity index (χ1) is 28.5. The third-order valence-corrected chi connectivity index (χ3v) is 12.5. The highest BCUT2D eigenvalue weighted by Gasteiger charge is 2.32. The summed E-state index contributed by atoms with van der Waals surface area (Å²) in [4.78, 5) is 20.6. The number of fused-ring (bicyclic) bond motifs is 1. The predicted molar refractivity (Wildman–Crippen MR) is 239 cm³/mol. The van der Waals surface area contributed by atoms with Crippen molar-refractivity contribution in [2.75, 3.05) is 6.54 Å². The van der Waals surface area contributed by atoms with Gasteiger partial charge in [0.1, 0.15) is 18.2 Å². The van der Waals surface area contributed by atoms with Crippen LogP contribution in [0.4, 0.5) is 4.39 Å². The van der Waals surface area contributed by atoms with Crippen LogP contribution in [-0.4, -0.2) is 28.4 Å². The molecule has 1 amide bonds. The number of halogens is 3. The maximum atomic E-state index is 14.4. The van der Waals surface area contributed by atoms with E-state index in [4.69, 9.17) is 27.9 Å². The zero-order valence-corrected chi connectivity index (χ0v) is 35.8. The summed E-state index contributed by atoms with van der Waals surface area (Å²) in [6.07, 6.45) is 6.21. The number of hydrogen-bond donors (Lipinski definition) is 1. The molecule has 7 rings (SSSR count). The molecule has 1 aromatic heterocycles. The lowest BCUT2D eigenvalue weighted by Gasteiger charge is -2.37. The molecule has 0 aliphatic carbocycles.